The molecule has 0 unspecified atom stereocenters. The van der Waals surface area contributed by atoms with Crippen molar-refractivity contribution in [1.29, 1.82) is 0 Å². The number of aryl methyl sites for hydroxylation is 2. The van der Waals surface area contributed by atoms with Gasteiger partial charge in [0.15, 0.2) is 0 Å². The van der Waals surface area contributed by atoms with Crippen molar-refractivity contribution in [3.8, 4) is 0 Å². The molecule has 1 aliphatic rings. The van der Waals surface area contributed by atoms with Crippen LogP contribution in [0.1, 0.15) is 40.4 Å². The van der Waals surface area contributed by atoms with Crippen molar-refractivity contribution in [2.75, 3.05) is 24.5 Å². The first kappa shape index (κ1) is 19.2. The van der Waals surface area contributed by atoms with Crippen molar-refractivity contribution in [1.82, 2.24) is 15.3 Å². The van der Waals surface area contributed by atoms with Gasteiger partial charge in [0.2, 0.25) is 5.95 Å². The molecule has 0 bridgehead atoms. The predicted octanol–water partition coefficient (Wildman–Crippen LogP) is 3.35. The van der Waals surface area contributed by atoms with Crippen molar-refractivity contribution in [2.45, 2.75) is 32.9 Å². The number of piperidine rings is 1. The number of furan rings is 1. The van der Waals surface area contributed by atoms with Crippen LogP contribution in [0.15, 0.2) is 22.7 Å². The predicted molar refractivity (Wildman–Crippen MR) is 92.5 cm³/mol. The van der Waals surface area contributed by atoms with Crippen LogP contribution in [0.3, 0.4) is 0 Å². The molecule has 3 heterocycles. The number of nitrogens with zero attached hydrogens (tertiary/aromatic N) is 3. The van der Waals surface area contributed by atoms with Crippen LogP contribution in [0, 0.1) is 19.8 Å². The molecule has 1 amide bonds. The number of rotatable bonds is 4. The molecule has 3 rings (SSSR count). The minimum atomic E-state index is -4.48. The van der Waals surface area contributed by atoms with E-state index in [1.54, 1.807) is 24.8 Å². The maximum atomic E-state index is 12.8. The van der Waals surface area contributed by atoms with Gasteiger partial charge in [0.1, 0.15) is 17.2 Å². The minimum Gasteiger partial charge on any atom is -0.466 e. The molecule has 1 aliphatic heterocycles. The molecule has 0 spiro atoms. The van der Waals surface area contributed by atoms with Gasteiger partial charge in [-0.2, -0.15) is 13.2 Å². The zero-order valence-electron chi connectivity index (χ0n) is 15.1. The number of halogens is 3. The lowest BCUT2D eigenvalue weighted by atomic mass is 9.97. The standard InChI is InChI=1S/C18H21F3N4O2/c1-11-9-14(12(2)27-11)16(26)23-10-13-4-7-25(8-5-13)17-22-6-3-15(24-17)18(19,20)21/h3,6,9,13H,4-5,7-8,10H2,1-2H3,(H,23,26). The molecule has 0 aromatic carbocycles. The highest BCUT2D eigenvalue weighted by molar-refractivity contribution is 5.95. The molecule has 0 aliphatic carbocycles. The number of carbonyl (C=O) groups is 1. The summed E-state index contributed by atoms with van der Waals surface area (Å²) in [6.07, 6.45) is -1.87. The van der Waals surface area contributed by atoms with E-state index in [1.807, 2.05) is 0 Å². The van der Waals surface area contributed by atoms with E-state index >= 15 is 0 Å². The molecule has 2 aromatic rings. The van der Waals surface area contributed by atoms with Gasteiger partial charge >= 0.3 is 6.18 Å². The highest BCUT2D eigenvalue weighted by atomic mass is 19.4. The van der Waals surface area contributed by atoms with E-state index < -0.39 is 11.9 Å². The fraction of sp³-hybridized carbons (Fsp3) is 0.500. The molecule has 0 atom stereocenters. The van der Waals surface area contributed by atoms with Gasteiger partial charge < -0.3 is 14.6 Å². The summed E-state index contributed by atoms with van der Waals surface area (Å²) in [5.74, 6) is 1.45. The molecule has 6 nitrogen and oxygen atoms in total. The van der Waals surface area contributed by atoms with Crippen LogP contribution in [-0.4, -0.2) is 35.5 Å². The van der Waals surface area contributed by atoms with E-state index in [1.165, 1.54) is 0 Å². The van der Waals surface area contributed by atoms with Crippen molar-refractivity contribution in [2.24, 2.45) is 5.92 Å². The third kappa shape index (κ3) is 4.58. The summed E-state index contributed by atoms with van der Waals surface area (Å²) in [7, 11) is 0. The summed E-state index contributed by atoms with van der Waals surface area (Å²) < 4.78 is 43.7. The number of hydrogen-bond donors (Lipinski definition) is 1. The summed E-state index contributed by atoms with van der Waals surface area (Å²) >= 11 is 0. The maximum Gasteiger partial charge on any atom is 0.433 e. The highest BCUT2D eigenvalue weighted by Crippen LogP contribution is 2.29. The maximum absolute atomic E-state index is 12.8. The molecule has 0 radical (unpaired) electrons. The number of anilines is 1. The zero-order chi connectivity index (χ0) is 19.6. The Labute approximate surface area is 154 Å². The summed E-state index contributed by atoms with van der Waals surface area (Å²) in [4.78, 5) is 21.6. The fourth-order valence-electron chi connectivity index (χ4n) is 3.18. The number of carbonyl (C=O) groups excluding carboxylic acids is 1. The molecular formula is C18H21F3N4O2. The lowest BCUT2D eigenvalue weighted by Crippen LogP contribution is -2.39. The van der Waals surface area contributed by atoms with Gasteiger partial charge in [0, 0.05) is 25.8 Å². The Bertz CT molecular complexity index is 811. The smallest absolute Gasteiger partial charge is 0.433 e. The second-order valence-electron chi connectivity index (χ2n) is 6.71. The topological polar surface area (TPSA) is 71.3 Å². The lowest BCUT2D eigenvalue weighted by Gasteiger charge is -2.32. The van der Waals surface area contributed by atoms with E-state index in [-0.39, 0.29) is 17.8 Å². The van der Waals surface area contributed by atoms with Gasteiger partial charge in [-0.15, -0.1) is 0 Å². The Morgan fingerprint density at radius 3 is 2.63 bits per heavy atom. The highest BCUT2D eigenvalue weighted by Gasteiger charge is 2.33. The third-order valence-electron chi connectivity index (χ3n) is 4.67. The Kier molecular flexibility index (Phi) is 5.38. The molecule has 9 heteroatoms. The number of aromatic nitrogens is 2. The normalized spacial score (nSPS) is 15.8. The van der Waals surface area contributed by atoms with Crippen molar-refractivity contribution >= 4 is 11.9 Å². The molecule has 146 valence electrons. The molecule has 1 saturated heterocycles. The van der Waals surface area contributed by atoms with Crippen LogP contribution in [0.25, 0.3) is 0 Å². The van der Waals surface area contributed by atoms with Crippen LogP contribution >= 0.6 is 0 Å². The van der Waals surface area contributed by atoms with Crippen LogP contribution < -0.4 is 10.2 Å². The Morgan fingerprint density at radius 1 is 1.33 bits per heavy atom. The van der Waals surface area contributed by atoms with Gasteiger partial charge in [0.05, 0.1) is 5.56 Å². The summed E-state index contributed by atoms with van der Waals surface area (Å²) in [5.41, 5.74) is -0.407. The van der Waals surface area contributed by atoms with E-state index in [2.05, 4.69) is 15.3 Å². The second kappa shape index (κ2) is 7.58. The monoisotopic (exact) mass is 382 g/mol. The number of alkyl halides is 3. The quantitative estimate of drug-likeness (QED) is 0.878. The Morgan fingerprint density at radius 2 is 2.04 bits per heavy atom. The second-order valence-corrected chi connectivity index (χ2v) is 6.71. The van der Waals surface area contributed by atoms with E-state index in [0.717, 1.165) is 25.1 Å². The van der Waals surface area contributed by atoms with E-state index in [9.17, 15) is 18.0 Å². The minimum absolute atomic E-state index is 0.0943. The van der Waals surface area contributed by atoms with E-state index in [0.29, 0.717) is 36.7 Å². The summed E-state index contributed by atoms with van der Waals surface area (Å²) in [6.45, 7) is 5.14. The van der Waals surface area contributed by atoms with Crippen LogP contribution in [0.5, 0.6) is 0 Å². The molecule has 2 aromatic heterocycles. The van der Waals surface area contributed by atoms with Crippen molar-refractivity contribution in [3.63, 3.8) is 0 Å². The lowest BCUT2D eigenvalue weighted by molar-refractivity contribution is -0.141. The molecule has 27 heavy (non-hydrogen) atoms. The first-order valence-electron chi connectivity index (χ1n) is 8.74. The SMILES string of the molecule is Cc1cc(C(=O)NCC2CCN(c3nccc(C(F)(F)F)n3)CC2)c(C)o1. The van der Waals surface area contributed by atoms with Crippen LogP contribution in [0.4, 0.5) is 19.1 Å². The van der Waals surface area contributed by atoms with Crippen LogP contribution in [-0.2, 0) is 6.18 Å². The van der Waals surface area contributed by atoms with Gasteiger partial charge in [-0.05, 0) is 44.7 Å². The summed E-state index contributed by atoms with van der Waals surface area (Å²) in [6, 6.07) is 2.57. The average molecular weight is 382 g/mol. The average Bonchev–Trinajstić information content (AvgIpc) is 2.98. The molecule has 0 saturated carbocycles. The number of nitrogens with one attached hydrogen (secondary N) is 1. The Hall–Kier alpha value is -2.58. The Balaban J connectivity index is 1.52. The van der Waals surface area contributed by atoms with Crippen LogP contribution in [0.2, 0.25) is 0 Å². The largest absolute Gasteiger partial charge is 0.466 e. The van der Waals surface area contributed by atoms with Crippen molar-refractivity contribution in [3.05, 3.63) is 41.1 Å². The first-order chi connectivity index (χ1) is 12.7. The van der Waals surface area contributed by atoms with Gasteiger partial charge in [-0.1, -0.05) is 0 Å². The molecule has 1 N–H and O–H groups in total. The third-order valence-corrected chi connectivity index (χ3v) is 4.67. The first-order valence-corrected chi connectivity index (χ1v) is 8.74. The summed E-state index contributed by atoms with van der Waals surface area (Å²) in [5, 5.41) is 2.91. The van der Waals surface area contributed by atoms with Gasteiger partial charge in [-0.25, -0.2) is 9.97 Å². The van der Waals surface area contributed by atoms with Crippen molar-refractivity contribution < 1.29 is 22.4 Å². The fourth-order valence-corrected chi connectivity index (χ4v) is 3.18. The number of amides is 1. The van der Waals surface area contributed by atoms with Gasteiger partial charge in [0.25, 0.3) is 5.91 Å². The number of hydrogen-bond acceptors (Lipinski definition) is 5. The molecular weight excluding hydrogens is 361 g/mol. The van der Waals surface area contributed by atoms with Gasteiger partial charge in [-0.3, -0.25) is 4.79 Å². The zero-order valence-corrected chi connectivity index (χ0v) is 15.1. The van der Waals surface area contributed by atoms with E-state index in [4.69, 9.17) is 4.42 Å². The molecule has 1 fully saturated rings.